The molecule has 7 nitrogen and oxygen atoms in total. The second-order valence-electron chi connectivity index (χ2n) is 7.43. The number of nitrogens with zero attached hydrogens (tertiary/aromatic N) is 1. The smallest absolute Gasteiger partial charge is 0.274 e. The SMILES string of the molecule is O=C(NO)c1ccc(CNC(=O)c2cc(OCCc3ccccc3)c3ccccc3n2)cc1. The molecule has 0 aliphatic rings. The minimum Gasteiger partial charge on any atom is -0.492 e. The van der Waals surface area contributed by atoms with E-state index in [4.69, 9.17) is 9.94 Å². The zero-order valence-electron chi connectivity index (χ0n) is 17.8. The zero-order valence-corrected chi connectivity index (χ0v) is 17.8. The molecule has 1 heterocycles. The molecule has 7 heteroatoms. The largest absolute Gasteiger partial charge is 0.492 e. The summed E-state index contributed by atoms with van der Waals surface area (Å²) in [4.78, 5) is 28.7. The number of ether oxygens (including phenoxy) is 1. The minimum atomic E-state index is -0.592. The summed E-state index contributed by atoms with van der Waals surface area (Å²) in [7, 11) is 0. The Balaban J connectivity index is 1.46. The van der Waals surface area contributed by atoms with Crippen LogP contribution in [0.3, 0.4) is 0 Å². The first-order valence-electron chi connectivity index (χ1n) is 10.5. The summed E-state index contributed by atoms with van der Waals surface area (Å²) in [5.74, 6) is -0.308. The van der Waals surface area contributed by atoms with Crippen molar-refractivity contribution in [2.45, 2.75) is 13.0 Å². The Kier molecular flexibility index (Phi) is 6.92. The lowest BCUT2D eigenvalue weighted by molar-refractivity contribution is 0.0706. The highest BCUT2D eigenvalue weighted by atomic mass is 16.5. The van der Waals surface area contributed by atoms with Crippen molar-refractivity contribution in [1.82, 2.24) is 15.8 Å². The van der Waals surface area contributed by atoms with E-state index in [0.717, 1.165) is 17.4 Å². The molecule has 0 unspecified atom stereocenters. The minimum absolute atomic E-state index is 0.262. The van der Waals surface area contributed by atoms with Crippen LogP contribution in [0.2, 0.25) is 0 Å². The molecule has 33 heavy (non-hydrogen) atoms. The molecule has 0 saturated heterocycles. The summed E-state index contributed by atoms with van der Waals surface area (Å²) in [5.41, 5.74) is 4.83. The maximum atomic E-state index is 12.8. The Bertz CT molecular complexity index is 1260. The van der Waals surface area contributed by atoms with E-state index in [2.05, 4.69) is 22.4 Å². The normalized spacial score (nSPS) is 10.6. The second-order valence-corrected chi connectivity index (χ2v) is 7.43. The fourth-order valence-electron chi connectivity index (χ4n) is 3.41. The Labute approximate surface area is 191 Å². The van der Waals surface area contributed by atoms with Crippen LogP contribution in [-0.2, 0) is 13.0 Å². The number of pyridine rings is 1. The predicted octanol–water partition coefficient (Wildman–Crippen LogP) is 3.91. The summed E-state index contributed by atoms with van der Waals surface area (Å²) < 4.78 is 6.04. The van der Waals surface area contributed by atoms with Gasteiger partial charge in [0.25, 0.3) is 11.8 Å². The van der Waals surface area contributed by atoms with Crippen LogP contribution in [0.4, 0.5) is 0 Å². The van der Waals surface area contributed by atoms with Crippen molar-refractivity contribution < 1.29 is 19.5 Å². The summed E-state index contributed by atoms with van der Waals surface area (Å²) in [6.07, 6.45) is 0.753. The fraction of sp³-hybridized carbons (Fsp3) is 0.115. The van der Waals surface area contributed by atoms with Crippen LogP contribution in [0.15, 0.2) is 84.9 Å². The molecule has 0 aliphatic heterocycles. The van der Waals surface area contributed by atoms with Crippen molar-refractivity contribution >= 4 is 22.7 Å². The van der Waals surface area contributed by atoms with Gasteiger partial charge in [-0.15, -0.1) is 0 Å². The number of rotatable bonds is 8. The van der Waals surface area contributed by atoms with Gasteiger partial charge in [-0.05, 0) is 35.4 Å². The van der Waals surface area contributed by atoms with Gasteiger partial charge in [-0.25, -0.2) is 10.5 Å². The first kappa shape index (κ1) is 22.0. The number of amides is 2. The standard InChI is InChI=1S/C26H23N3O4/c30-25(29-32)20-12-10-19(11-13-20)17-27-26(31)23-16-24(21-8-4-5-9-22(21)28-23)33-15-14-18-6-2-1-3-7-18/h1-13,16,32H,14-15,17H2,(H,27,31)(H,29,30). The highest BCUT2D eigenvalue weighted by Gasteiger charge is 2.13. The number of hydrogen-bond donors (Lipinski definition) is 3. The van der Waals surface area contributed by atoms with Crippen LogP contribution in [0.5, 0.6) is 5.75 Å². The number of fused-ring (bicyclic) bond motifs is 1. The van der Waals surface area contributed by atoms with Crippen molar-refractivity contribution in [3.8, 4) is 5.75 Å². The molecule has 0 aliphatic carbocycles. The highest BCUT2D eigenvalue weighted by molar-refractivity contribution is 5.97. The molecular weight excluding hydrogens is 418 g/mol. The molecule has 0 bridgehead atoms. The number of carbonyl (C=O) groups is 2. The molecule has 4 aromatic rings. The molecular formula is C26H23N3O4. The number of carbonyl (C=O) groups excluding carboxylic acids is 2. The van der Waals surface area contributed by atoms with Crippen molar-refractivity contribution in [2.75, 3.05) is 6.61 Å². The van der Waals surface area contributed by atoms with Crippen LogP contribution in [0.25, 0.3) is 10.9 Å². The summed E-state index contributed by atoms with van der Waals surface area (Å²) >= 11 is 0. The monoisotopic (exact) mass is 441 g/mol. The molecule has 0 saturated carbocycles. The van der Waals surface area contributed by atoms with E-state index in [1.165, 1.54) is 5.56 Å². The Morgan fingerprint density at radius 1 is 0.848 bits per heavy atom. The van der Waals surface area contributed by atoms with Gasteiger partial charge in [0.15, 0.2) is 0 Å². The first-order valence-corrected chi connectivity index (χ1v) is 10.5. The third-order valence-electron chi connectivity index (χ3n) is 5.17. The molecule has 1 aromatic heterocycles. The van der Waals surface area contributed by atoms with Crippen LogP contribution in [0.1, 0.15) is 32.0 Å². The predicted molar refractivity (Wildman–Crippen MR) is 124 cm³/mol. The van der Waals surface area contributed by atoms with Crippen LogP contribution < -0.4 is 15.5 Å². The van der Waals surface area contributed by atoms with Gasteiger partial charge in [0, 0.05) is 30.0 Å². The number of para-hydroxylation sites is 1. The van der Waals surface area contributed by atoms with E-state index in [1.807, 2.05) is 42.5 Å². The van der Waals surface area contributed by atoms with Gasteiger partial charge in [-0.3, -0.25) is 14.8 Å². The molecule has 0 radical (unpaired) electrons. The third-order valence-corrected chi connectivity index (χ3v) is 5.17. The van der Waals surface area contributed by atoms with E-state index in [1.54, 1.807) is 35.8 Å². The second kappa shape index (κ2) is 10.4. The maximum Gasteiger partial charge on any atom is 0.274 e. The summed E-state index contributed by atoms with van der Waals surface area (Å²) in [6, 6.07) is 25.8. The van der Waals surface area contributed by atoms with Gasteiger partial charge < -0.3 is 10.1 Å². The number of aromatic nitrogens is 1. The number of nitrogens with one attached hydrogen (secondary N) is 2. The zero-order chi connectivity index (χ0) is 23.0. The molecule has 3 N–H and O–H groups in total. The Morgan fingerprint density at radius 2 is 1.58 bits per heavy atom. The maximum absolute atomic E-state index is 12.8. The average molecular weight is 441 g/mol. The van der Waals surface area contributed by atoms with Crippen LogP contribution in [-0.4, -0.2) is 28.6 Å². The van der Waals surface area contributed by atoms with Crippen molar-refractivity contribution in [3.63, 3.8) is 0 Å². The number of hydrogen-bond acceptors (Lipinski definition) is 5. The number of hydroxylamine groups is 1. The van der Waals surface area contributed by atoms with E-state index in [9.17, 15) is 9.59 Å². The average Bonchev–Trinajstić information content (AvgIpc) is 2.87. The summed E-state index contributed by atoms with van der Waals surface area (Å²) in [6.45, 7) is 0.741. The molecule has 166 valence electrons. The van der Waals surface area contributed by atoms with Crippen LogP contribution in [0, 0.1) is 0 Å². The van der Waals surface area contributed by atoms with Gasteiger partial charge in [-0.1, -0.05) is 54.6 Å². The number of benzene rings is 3. The van der Waals surface area contributed by atoms with E-state index in [-0.39, 0.29) is 18.1 Å². The third kappa shape index (κ3) is 5.53. The van der Waals surface area contributed by atoms with Crippen molar-refractivity contribution in [1.29, 1.82) is 0 Å². The van der Waals surface area contributed by atoms with Gasteiger partial charge in [0.1, 0.15) is 11.4 Å². The Morgan fingerprint density at radius 3 is 2.33 bits per heavy atom. The van der Waals surface area contributed by atoms with Gasteiger partial charge in [-0.2, -0.15) is 0 Å². The lowest BCUT2D eigenvalue weighted by atomic mass is 10.1. The van der Waals surface area contributed by atoms with Gasteiger partial charge >= 0.3 is 0 Å². The van der Waals surface area contributed by atoms with E-state index < -0.39 is 5.91 Å². The summed E-state index contributed by atoms with van der Waals surface area (Å²) in [5, 5.41) is 12.4. The van der Waals surface area contributed by atoms with Gasteiger partial charge in [0.05, 0.1) is 12.1 Å². The highest BCUT2D eigenvalue weighted by Crippen LogP contribution is 2.25. The van der Waals surface area contributed by atoms with E-state index >= 15 is 0 Å². The first-order chi connectivity index (χ1) is 16.1. The molecule has 0 spiro atoms. The van der Waals surface area contributed by atoms with Crippen molar-refractivity contribution in [2.24, 2.45) is 0 Å². The lowest BCUT2D eigenvalue weighted by Crippen LogP contribution is -2.24. The molecule has 2 amide bonds. The molecule has 4 rings (SSSR count). The lowest BCUT2D eigenvalue weighted by Gasteiger charge is -2.12. The molecule has 3 aromatic carbocycles. The fourth-order valence-corrected chi connectivity index (χ4v) is 3.41. The van der Waals surface area contributed by atoms with Crippen LogP contribution >= 0.6 is 0 Å². The Hall–Kier alpha value is -4.23. The van der Waals surface area contributed by atoms with E-state index in [0.29, 0.717) is 23.4 Å². The quantitative estimate of drug-likeness (QED) is 0.284. The van der Waals surface area contributed by atoms with Crippen molar-refractivity contribution in [3.05, 3.63) is 107 Å². The molecule has 0 fully saturated rings. The van der Waals surface area contributed by atoms with Gasteiger partial charge in [0.2, 0.25) is 0 Å². The topological polar surface area (TPSA) is 101 Å². The molecule has 0 atom stereocenters.